The number of nitriles is 1. The van der Waals surface area contributed by atoms with Crippen molar-refractivity contribution in [1.82, 2.24) is 0 Å². The fourth-order valence-corrected chi connectivity index (χ4v) is 2.42. The number of ether oxygens (including phenoxy) is 1. The zero-order valence-electron chi connectivity index (χ0n) is 10.8. The van der Waals surface area contributed by atoms with Crippen LogP contribution in [0.5, 0.6) is 0 Å². The Hall–Kier alpha value is -1.57. The molecule has 1 N–H and O–H groups in total. The van der Waals surface area contributed by atoms with Gasteiger partial charge in [0, 0.05) is 13.1 Å². The van der Waals surface area contributed by atoms with Gasteiger partial charge in [-0.05, 0) is 31.5 Å². The minimum absolute atomic E-state index is 0.0368. The van der Waals surface area contributed by atoms with Crippen molar-refractivity contribution in [1.29, 1.82) is 5.26 Å². The normalized spacial score (nSPS) is 23.8. The Kier molecular flexibility index (Phi) is 3.85. The molecule has 1 aliphatic rings. The van der Waals surface area contributed by atoms with Crippen LogP contribution in [0.4, 0.5) is 5.69 Å². The Balaban J connectivity index is 2.30. The molecule has 0 unspecified atom stereocenters. The minimum atomic E-state index is -0.0368. The lowest BCUT2D eigenvalue weighted by atomic mass is 10.1. The van der Waals surface area contributed by atoms with Crippen LogP contribution < -0.4 is 4.90 Å². The van der Waals surface area contributed by atoms with Crippen LogP contribution in [-0.2, 0) is 11.3 Å². The van der Waals surface area contributed by atoms with Gasteiger partial charge in [-0.2, -0.15) is 5.26 Å². The summed E-state index contributed by atoms with van der Waals surface area (Å²) in [4.78, 5) is 2.18. The first-order valence-corrected chi connectivity index (χ1v) is 6.18. The van der Waals surface area contributed by atoms with Crippen LogP contribution in [0, 0.1) is 11.3 Å². The lowest BCUT2D eigenvalue weighted by Crippen LogP contribution is -2.45. The molecule has 1 saturated heterocycles. The number of aliphatic hydroxyl groups is 1. The molecule has 1 aromatic rings. The molecule has 4 heteroatoms. The highest BCUT2D eigenvalue weighted by Gasteiger charge is 2.23. The lowest BCUT2D eigenvalue weighted by Gasteiger charge is -2.37. The number of morpholine rings is 1. The first-order valence-electron chi connectivity index (χ1n) is 6.18. The van der Waals surface area contributed by atoms with Gasteiger partial charge in [0.2, 0.25) is 0 Å². The maximum absolute atomic E-state index is 9.21. The molecule has 1 heterocycles. The van der Waals surface area contributed by atoms with Gasteiger partial charge in [0.1, 0.15) is 6.07 Å². The van der Waals surface area contributed by atoms with Crippen molar-refractivity contribution >= 4 is 5.69 Å². The highest BCUT2D eigenvalue weighted by Crippen LogP contribution is 2.25. The molecule has 0 bridgehead atoms. The predicted octanol–water partition coefficient (Wildman–Crippen LogP) is 1.66. The van der Waals surface area contributed by atoms with Crippen LogP contribution in [0.3, 0.4) is 0 Å². The van der Waals surface area contributed by atoms with Gasteiger partial charge in [-0.25, -0.2) is 0 Å². The van der Waals surface area contributed by atoms with E-state index in [4.69, 9.17) is 9.84 Å². The molecule has 0 aromatic heterocycles. The summed E-state index contributed by atoms with van der Waals surface area (Å²) in [7, 11) is 0. The highest BCUT2D eigenvalue weighted by atomic mass is 16.5. The molecule has 1 aromatic carbocycles. The number of aliphatic hydroxyl groups excluding tert-OH is 1. The van der Waals surface area contributed by atoms with Crippen molar-refractivity contribution in [3.8, 4) is 6.07 Å². The number of hydrogen-bond donors (Lipinski definition) is 1. The Morgan fingerprint density at radius 1 is 1.39 bits per heavy atom. The molecule has 4 nitrogen and oxygen atoms in total. The molecule has 18 heavy (non-hydrogen) atoms. The van der Waals surface area contributed by atoms with Crippen LogP contribution in [0.2, 0.25) is 0 Å². The Morgan fingerprint density at radius 2 is 2.06 bits per heavy atom. The van der Waals surface area contributed by atoms with Crippen LogP contribution in [0.15, 0.2) is 18.2 Å². The average molecular weight is 246 g/mol. The zero-order valence-corrected chi connectivity index (χ0v) is 10.8. The van der Waals surface area contributed by atoms with Crippen LogP contribution in [-0.4, -0.2) is 30.4 Å². The van der Waals surface area contributed by atoms with Crippen molar-refractivity contribution in [2.24, 2.45) is 0 Å². The Labute approximate surface area is 107 Å². The van der Waals surface area contributed by atoms with E-state index in [1.807, 2.05) is 26.0 Å². The van der Waals surface area contributed by atoms with Crippen LogP contribution in [0.25, 0.3) is 0 Å². The number of anilines is 1. The summed E-state index contributed by atoms with van der Waals surface area (Å²) in [6.45, 7) is 5.62. The molecule has 0 amide bonds. The molecule has 2 rings (SSSR count). The zero-order chi connectivity index (χ0) is 13.1. The first kappa shape index (κ1) is 12.9. The predicted molar refractivity (Wildman–Crippen MR) is 69.3 cm³/mol. The molecule has 2 atom stereocenters. The van der Waals surface area contributed by atoms with Crippen molar-refractivity contribution in [2.45, 2.75) is 32.7 Å². The standard InChI is InChI=1S/C14H18N2O2/c1-10-7-16(8-11(2)18-10)14-4-3-12(9-17)5-13(14)6-15/h3-5,10-11,17H,7-9H2,1-2H3/t10-,11+. The fraction of sp³-hybridized carbons (Fsp3) is 0.500. The van der Waals surface area contributed by atoms with Gasteiger partial charge in [0.15, 0.2) is 0 Å². The number of nitrogens with zero attached hydrogens (tertiary/aromatic N) is 2. The number of hydrogen-bond acceptors (Lipinski definition) is 4. The van der Waals surface area contributed by atoms with E-state index >= 15 is 0 Å². The molecule has 0 aliphatic carbocycles. The quantitative estimate of drug-likeness (QED) is 0.862. The second kappa shape index (κ2) is 5.38. The van der Waals surface area contributed by atoms with E-state index < -0.39 is 0 Å². The monoisotopic (exact) mass is 246 g/mol. The van der Waals surface area contributed by atoms with Crippen molar-refractivity contribution < 1.29 is 9.84 Å². The summed E-state index contributed by atoms with van der Waals surface area (Å²) in [5, 5.41) is 18.3. The van der Waals surface area contributed by atoms with Crippen molar-refractivity contribution in [3.63, 3.8) is 0 Å². The second-order valence-corrected chi connectivity index (χ2v) is 4.78. The summed E-state index contributed by atoms with van der Waals surface area (Å²) >= 11 is 0. The molecule has 0 spiro atoms. The van der Waals surface area contributed by atoms with Crippen LogP contribution in [0.1, 0.15) is 25.0 Å². The summed E-state index contributed by atoms with van der Waals surface area (Å²) < 4.78 is 5.69. The lowest BCUT2D eigenvalue weighted by molar-refractivity contribution is -0.00523. The summed E-state index contributed by atoms with van der Waals surface area (Å²) in [5.74, 6) is 0. The maximum Gasteiger partial charge on any atom is 0.101 e. The number of rotatable bonds is 2. The van der Waals surface area contributed by atoms with Gasteiger partial charge in [0.25, 0.3) is 0 Å². The number of benzene rings is 1. The van der Waals surface area contributed by atoms with E-state index in [9.17, 15) is 5.26 Å². The van der Waals surface area contributed by atoms with E-state index in [0.29, 0.717) is 5.56 Å². The van der Waals surface area contributed by atoms with Gasteiger partial charge in [-0.1, -0.05) is 6.07 Å². The highest BCUT2D eigenvalue weighted by molar-refractivity contribution is 5.60. The topological polar surface area (TPSA) is 56.5 Å². The third kappa shape index (κ3) is 2.63. The van der Waals surface area contributed by atoms with Crippen LogP contribution >= 0.6 is 0 Å². The van der Waals surface area contributed by atoms with Crippen molar-refractivity contribution in [3.05, 3.63) is 29.3 Å². The first-order chi connectivity index (χ1) is 8.63. The molecule has 0 radical (unpaired) electrons. The minimum Gasteiger partial charge on any atom is -0.392 e. The van der Waals surface area contributed by atoms with Gasteiger partial charge >= 0.3 is 0 Å². The molecule has 96 valence electrons. The maximum atomic E-state index is 9.21. The molecule has 0 saturated carbocycles. The van der Waals surface area contributed by atoms with Gasteiger partial charge in [-0.15, -0.1) is 0 Å². The van der Waals surface area contributed by atoms with E-state index in [-0.39, 0.29) is 18.8 Å². The van der Waals surface area contributed by atoms with E-state index in [0.717, 1.165) is 24.3 Å². The average Bonchev–Trinajstić information content (AvgIpc) is 2.36. The third-order valence-electron chi connectivity index (χ3n) is 3.12. The summed E-state index contributed by atoms with van der Waals surface area (Å²) in [6, 6.07) is 7.73. The summed E-state index contributed by atoms with van der Waals surface area (Å²) in [6.07, 6.45) is 0.329. The molecular weight excluding hydrogens is 228 g/mol. The third-order valence-corrected chi connectivity index (χ3v) is 3.12. The summed E-state index contributed by atoms with van der Waals surface area (Å²) in [5.41, 5.74) is 2.31. The molecular formula is C14H18N2O2. The molecule has 1 aliphatic heterocycles. The molecule has 1 fully saturated rings. The van der Waals surface area contributed by atoms with Gasteiger partial charge in [0.05, 0.1) is 30.1 Å². The van der Waals surface area contributed by atoms with E-state index in [2.05, 4.69) is 11.0 Å². The van der Waals surface area contributed by atoms with E-state index in [1.165, 1.54) is 0 Å². The van der Waals surface area contributed by atoms with Crippen molar-refractivity contribution in [2.75, 3.05) is 18.0 Å². The van der Waals surface area contributed by atoms with Gasteiger partial charge in [-0.3, -0.25) is 0 Å². The van der Waals surface area contributed by atoms with E-state index in [1.54, 1.807) is 6.07 Å². The Bertz CT molecular complexity index is 457. The van der Waals surface area contributed by atoms with Gasteiger partial charge < -0.3 is 14.7 Å². The Morgan fingerprint density at radius 3 is 2.61 bits per heavy atom. The fourth-order valence-electron chi connectivity index (χ4n) is 2.42. The smallest absolute Gasteiger partial charge is 0.101 e. The SMILES string of the molecule is C[C@@H]1CN(c2ccc(CO)cc2C#N)C[C@H](C)O1. The largest absolute Gasteiger partial charge is 0.392 e. The second-order valence-electron chi connectivity index (χ2n) is 4.78.